The number of aromatic nitrogens is 4. The van der Waals surface area contributed by atoms with Crippen LogP contribution in [0.4, 0.5) is 0 Å². The number of rotatable bonds is 6. The summed E-state index contributed by atoms with van der Waals surface area (Å²) in [7, 11) is 0. The van der Waals surface area contributed by atoms with E-state index in [0.29, 0.717) is 24.3 Å². The van der Waals surface area contributed by atoms with E-state index >= 15 is 0 Å². The average molecular weight is 292 g/mol. The van der Waals surface area contributed by atoms with Crippen molar-refractivity contribution in [2.75, 3.05) is 0 Å². The first-order valence-corrected chi connectivity index (χ1v) is 7.77. The molecule has 0 aliphatic carbocycles. The maximum absolute atomic E-state index is 12.6. The van der Waals surface area contributed by atoms with Gasteiger partial charge in [-0.3, -0.25) is 13.9 Å². The van der Waals surface area contributed by atoms with Gasteiger partial charge in [0.1, 0.15) is 5.82 Å². The number of unbranched alkanes of at least 4 members (excludes halogenated alkanes) is 1. The predicted octanol–water partition coefficient (Wildman–Crippen LogP) is 1.90. The standard InChI is InChI=1S/C15H24N4O2/c1-5-8-10-18-11(4)16-13-12(18)14(20)17(7-3)15(21)19(13)9-6-2/h5-10H2,1-4H3. The van der Waals surface area contributed by atoms with Gasteiger partial charge >= 0.3 is 5.69 Å². The summed E-state index contributed by atoms with van der Waals surface area (Å²) in [5.41, 5.74) is 0.625. The SMILES string of the molecule is CCCCn1c(C)nc2c1c(=O)n(CC)c(=O)n2CCC. The number of nitrogens with zero attached hydrogens (tertiary/aromatic N) is 4. The van der Waals surface area contributed by atoms with Gasteiger partial charge in [-0.15, -0.1) is 0 Å². The third kappa shape index (κ3) is 2.54. The molecule has 0 aliphatic rings. The summed E-state index contributed by atoms with van der Waals surface area (Å²) in [6.45, 7) is 9.58. The van der Waals surface area contributed by atoms with E-state index < -0.39 is 0 Å². The smallest absolute Gasteiger partial charge is 0.322 e. The van der Waals surface area contributed by atoms with Gasteiger partial charge in [0, 0.05) is 19.6 Å². The maximum atomic E-state index is 12.6. The van der Waals surface area contributed by atoms with Crippen LogP contribution in [0.5, 0.6) is 0 Å². The van der Waals surface area contributed by atoms with Crippen molar-refractivity contribution >= 4 is 11.2 Å². The normalized spacial score (nSPS) is 11.4. The Morgan fingerprint density at radius 1 is 0.952 bits per heavy atom. The number of aryl methyl sites for hydroxylation is 3. The van der Waals surface area contributed by atoms with Crippen molar-refractivity contribution in [2.24, 2.45) is 0 Å². The van der Waals surface area contributed by atoms with Gasteiger partial charge in [-0.1, -0.05) is 20.3 Å². The highest BCUT2D eigenvalue weighted by Gasteiger charge is 2.18. The number of fused-ring (bicyclic) bond motifs is 1. The second-order valence-corrected chi connectivity index (χ2v) is 5.32. The maximum Gasteiger partial charge on any atom is 0.332 e. The molecule has 0 saturated carbocycles. The van der Waals surface area contributed by atoms with Crippen molar-refractivity contribution in [3.63, 3.8) is 0 Å². The number of hydrogen-bond donors (Lipinski definition) is 0. The van der Waals surface area contributed by atoms with E-state index in [0.717, 1.165) is 31.6 Å². The zero-order valence-electron chi connectivity index (χ0n) is 13.3. The van der Waals surface area contributed by atoms with E-state index in [9.17, 15) is 9.59 Å². The van der Waals surface area contributed by atoms with E-state index in [1.807, 2.05) is 25.3 Å². The molecule has 0 bridgehead atoms. The fourth-order valence-electron chi connectivity index (χ4n) is 2.69. The summed E-state index contributed by atoms with van der Waals surface area (Å²) in [6, 6.07) is 0. The summed E-state index contributed by atoms with van der Waals surface area (Å²) in [4.78, 5) is 29.6. The highest BCUT2D eigenvalue weighted by atomic mass is 16.2. The van der Waals surface area contributed by atoms with Crippen LogP contribution in [0.2, 0.25) is 0 Å². The van der Waals surface area contributed by atoms with Crippen molar-refractivity contribution in [3.05, 3.63) is 26.7 Å². The summed E-state index contributed by atoms with van der Waals surface area (Å²) < 4.78 is 4.90. The lowest BCUT2D eigenvalue weighted by atomic mass is 10.3. The number of hydrogen-bond acceptors (Lipinski definition) is 3. The Morgan fingerprint density at radius 3 is 2.24 bits per heavy atom. The van der Waals surface area contributed by atoms with Crippen molar-refractivity contribution in [3.8, 4) is 0 Å². The molecule has 0 fully saturated rings. The van der Waals surface area contributed by atoms with Crippen LogP contribution in [0, 0.1) is 6.92 Å². The average Bonchev–Trinajstić information content (AvgIpc) is 2.78. The van der Waals surface area contributed by atoms with Crippen LogP contribution in [-0.2, 0) is 19.6 Å². The van der Waals surface area contributed by atoms with Gasteiger partial charge in [0.15, 0.2) is 11.2 Å². The molecule has 0 amide bonds. The number of imidazole rings is 1. The zero-order valence-corrected chi connectivity index (χ0v) is 13.3. The van der Waals surface area contributed by atoms with Crippen LogP contribution in [0.3, 0.4) is 0 Å². The lowest BCUT2D eigenvalue weighted by Gasteiger charge is -2.10. The Morgan fingerprint density at radius 2 is 1.67 bits per heavy atom. The second-order valence-electron chi connectivity index (χ2n) is 5.32. The fraction of sp³-hybridized carbons (Fsp3) is 0.667. The predicted molar refractivity (Wildman–Crippen MR) is 83.9 cm³/mol. The molecule has 2 heterocycles. The molecule has 0 unspecified atom stereocenters. The fourth-order valence-corrected chi connectivity index (χ4v) is 2.69. The molecule has 0 spiro atoms. The Bertz CT molecular complexity index is 752. The van der Waals surface area contributed by atoms with E-state index in [-0.39, 0.29) is 11.2 Å². The van der Waals surface area contributed by atoms with E-state index in [1.165, 1.54) is 4.57 Å². The van der Waals surface area contributed by atoms with Crippen LogP contribution in [0.1, 0.15) is 45.9 Å². The molecule has 2 aromatic rings. The zero-order chi connectivity index (χ0) is 15.6. The van der Waals surface area contributed by atoms with Gasteiger partial charge in [-0.05, 0) is 26.7 Å². The molecule has 2 rings (SSSR count). The summed E-state index contributed by atoms with van der Waals surface area (Å²) in [6.07, 6.45) is 2.87. The molecule has 116 valence electrons. The Balaban J connectivity index is 2.85. The molecule has 6 heteroatoms. The molecule has 0 atom stereocenters. The van der Waals surface area contributed by atoms with Crippen LogP contribution in [0.15, 0.2) is 9.59 Å². The lowest BCUT2D eigenvalue weighted by molar-refractivity contribution is 0.575. The quantitative estimate of drug-likeness (QED) is 0.817. The van der Waals surface area contributed by atoms with Gasteiger partial charge in [0.25, 0.3) is 5.56 Å². The molecule has 0 aliphatic heterocycles. The Labute approximate surface area is 124 Å². The second kappa shape index (κ2) is 6.28. The van der Waals surface area contributed by atoms with Crippen molar-refractivity contribution in [2.45, 2.75) is 66.6 Å². The van der Waals surface area contributed by atoms with Crippen LogP contribution >= 0.6 is 0 Å². The highest BCUT2D eigenvalue weighted by Crippen LogP contribution is 2.12. The first kappa shape index (κ1) is 15.5. The Hall–Kier alpha value is -1.85. The van der Waals surface area contributed by atoms with Gasteiger partial charge in [0.2, 0.25) is 0 Å². The summed E-state index contributed by atoms with van der Waals surface area (Å²) in [5, 5.41) is 0. The van der Waals surface area contributed by atoms with Crippen molar-refractivity contribution in [1.29, 1.82) is 0 Å². The monoisotopic (exact) mass is 292 g/mol. The molecule has 21 heavy (non-hydrogen) atoms. The van der Waals surface area contributed by atoms with Crippen LogP contribution in [0.25, 0.3) is 11.2 Å². The highest BCUT2D eigenvalue weighted by molar-refractivity contribution is 5.71. The molecule has 2 aromatic heterocycles. The van der Waals surface area contributed by atoms with Crippen molar-refractivity contribution in [1.82, 2.24) is 18.7 Å². The largest absolute Gasteiger partial charge is 0.332 e. The first-order valence-electron chi connectivity index (χ1n) is 7.77. The minimum atomic E-state index is -0.253. The minimum absolute atomic E-state index is 0.221. The molecular formula is C15H24N4O2. The molecule has 0 N–H and O–H groups in total. The molecule has 0 saturated heterocycles. The van der Waals surface area contributed by atoms with Gasteiger partial charge in [-0.2, -0.15) is 0 Å². The third-order valence-electron chi connectivity index (χ3n) is 3.80. The molecule has 0 aromatic carbocycles. The molecule has 0 radical (unpaired) electrons. The summed E-state index contributed by atoms with van der Waals surface area (Å²) >= 11 is 0. The topological polar surface area (TPSA) is 61.8 Å². The van der Waals surface area contributed by atoms with E-state index in [4.69, 9.17) is 0 Å². The lowest BCUT2D eigenvalue weighted by Crippen LogP contribution is -2.40. The van der Waals surface area contributed by atoms with Gasteiger partial charge in [-0.25, -0.2) is 9.78 Å². The van der Waals surface area contributed by atoms with Crippen molar-refractivity contribution < 1.29 is 0 Å². The summed E-state index contributed by atoms with van der Waals surface area (Å²) in [5.74, 6) is 0.800. The molecular weight excluding hydrogens is 268 g/mol. The van der Waals surface area contributed by atoms with E-state index in [1.54, 1.807) is 4.57 Å². The van der Waals surface area contributed by atoms with Gasteiger partial charge < -0.3 is 4.57 Å². The minimum Gasteiger partial charge on any atom is -0.322 e. The van der Waals surface area contributed by atoms with E-state index in [2.05, 4.69) is 11.9 Å². The molecule has 6 nitrogen and oxygen atoms in total. The third-order valence-corrected chi connectivity index (χ3v) is 3.80. The Kier molecular flexibility index (Phi) is 4.65. The first-order chi connectivity index (χ1) is 10.1. The van der Waals surface area contributed by atoms with Gasteiger partial charge in [0.05, 0.1) is 0 Å². The van der Waals surface area contributed by atoms with Crippen LogP contribution < -0.4 is 11.2 Å². The van der Waals surface area contributed by atoms with Crippen LogP contribution in [-0.4, -0.2) is 18.7 Å².